The highest BCUT2D eigenvalue weighted by atomic mass is 35.5. The van der Waals surface area contributed by atoms with Gasteiger partial charge in [0.25, 0.3) is 0 Å². The van der Waals surface area contributed by atoms with Crippen LogP contribution in [-0.4, -0.2) is 60.5 Å². The van der Waals surface area contributed by atoms with Crippen molar-refractivity contribution in [3.63, 3.8) is 0 Å². The maximum atomic E-state index is 13.3. The molecular weight excluding hydrogens is 766 g/mol. The number of aryl methyl sites for hydroxylation is 2. The van der Waals surface area contributed by atoms with Crippen LogP contribution in [-0.2, 0) is 48.0 Å². The second kappa shape index (κ2) is 22.4. The molecule has 3 atom stereocenters. The quantitative estimate of drug-likeness (QED) is 0.101. The fourth-order valence-electron chi connectivity index (χ4n) is 6.36. The number of aldehydes is 1. The van der Waals surface area contributed by atoms with Gasteiger partial charge < -0.3 is 31.4 Å². The van der Waals surface area contributed by atoms with Crippen molar-refractivity contribution in [2.24, 2.45) is 0 Å². The van der Waals surface area contributed by atoms with Crippen molar-refractivity contribution in [1.82, 2.24) is 21.3 Å². The fraction of sp³-hybridized carbons (Fsp3) is 0.234. The molecule has 0 unspecified atom stereocenters. The molecule has 7 rings (SSSR count). The zero-order valence-electron chi connectivity index (χ0n) is 32.8. The zero-order valence-corrected chi connectivity index (χ0v) is 33.5. The number of anilines is 1. The number of amides is 5. The van der Waals surface area contributed by atoms with Gasteiger partial charge in [-0.3, -0.25) is 24.0 Å². The minimum atomic E-state index is -1.03. The van der Waals surface area contributed by atoms with E-state index in [9.17, 15) is 28.8 Å². The van der Waals surface area contributed by atoms with Crippen LogP contribution < -0.4 is 26.6 Å². The molecule has 5 N–H and O–H groups in total. The van der Waals surface area contributed by atoms with Crippen LogP contribution in [0.1, 0.15) is 41.5 Å². The van der Waals surface area contributed by atoms with Crippen LogP contribution in [0.5, 0.6) is 0 Å². The van der Waals surface area contributed by atoms with Crippen LogP contribution in [0.15, 0.2) is 133 Å². The SMILES string of the molecule is Cc1ccc(-c2ccccc2Cl)cc1.O=C[C@@H]1Cc2ccc(cc2)NC(=O)CCC(=O)N[C@H](CCc2ccccc2)C(=O)NCC(=O)N[C@H](Cc2ccccc2)C(=O)N1. The van der Waals surface area contributed by atoms with Crippen LogP contribution in [0.2, 0.25) is 5.02 Å². The molecule has 2 aliphatic heterocycles. The van der Waals surface area contributed by atoms with Crippen molar-refractivity contribution in [3.8, 4) is 11.1 Å². The van der Waals surface area contributed by atoms with Gasteiger partial charge in [-0.1, -0.05) is 132 Å². The topological polar surface area (TPSA) is 163 Å². The van der Waals surface area contributed by atoms with Crippen molar-refractivity contribution < 1.29 is 28.8 Å². The lowest BCUT2D eigenvalue weighted by Crippen LogP contribution is -2.54. The smallest absolute Gasteiger partial charge is 0.243 e. The van der Waals surface area contributed by atoms with Crippen LogP contribution >= 0.6 is 11.6 Å². The molecule has 0 aromatic heterocycles. The second-order valence-corrected chi connectivity index (χ2v) is 14.6. The molecule has 5 aromatic carbocycles. The minimum Gasteiger partial charge on any atom is -0.345 e. The highest BCUT2D eigenvalue weighted by molar-refractivity contribution is 6.33. The second-order valence-electron chi connectivity index (χ2n) is 14.2. The molecule has 59 heavy (non-hydrogen) atoms. The van der Waals surface area contributed by atoms with E-state index in [1.807, 2.05) is 84.9 Å². The van der Waals surface area contributed by atoms with Crippen LogP contribution in [0.25, 0.3) is 11.1 Å². The molecule has 2 bridgehead atoms. The summed E-state index contributed by atoms with van der Waals surface area (Å²) in [6, 6.07) is 38.7. The Morgan fingerprint density at radius 2 is 1.24 bits per heavy atom. The largest absolute Gasteiger partial charge is 0.345 e. The molecule has 0 spiro atoms. The number of carbonyl (C=O) groups excluding carboxylic acids is 6. The molecule has 0 saturated heterocycles. The van der Waals surface area contributed by atoms with Gasteiger partial charge in [0.05, 0.1) is 12.6 Å². The van der Waals surface area contributed by atoms with E-state index in [2.05, 4.69) is 57.8 Å². The predicted octanol–water partition coefficient (Wildman–Crippen LogP) is 5.92. The number of benzene rings is 5. The van der Waals surface area contributed by atoms with Crippen molar-refractivity contribution in [1.29, 1.82) is 0 Å². The van der Waals surface area contributed by atoms with Crippen LogP contribution in [0.3, 0.4) is 0 Å². The normalized spacial score (nSPS) is 18.0. The van der Waals surface area contributed by atoms with E-state index in [-0.39, 0.29) is 38.0 Å². The summed E-state index contributed by atoms with van der Waals surface area (Å²) in [5.41, 5.74) is 6.53. The third-order valence-corrected chi connectivity index (χ3v) is 9.90. The molecule has 0 radical (unpaired) electrons. The lowest BCUT2D eigenvalue weighted by atomic mass is 10.0. The van der Waals surface area contributed by atoms with Crippen molar-refractivity contribution in [3.05, 3.63) is 161 Å². The van der Waals surface area contributed by atoms with E-state index in [0.29, 0.717) is 18.4 Å². The maximum absolute atomic E-state index is 13.3. The van der Waals surface area contributed by atoms with Crippen molar-refractivity contribution in [2.75, 3.05) is 11.9 Å². The van der Waals surface area contributed by atoms with Gasteiger partial charge in [-0.05, 0) is 66.6 Å². The molecule has 0 fully saturated rings. The number of halogens is 1. The molecule has 11 nitrogen and oxygen atoms in total. The summed E-state index contributed by atoms with van der Waals surface area (Å²) < 4.78 is 0. The first kappa shape index (κ1) is 43.5. The number of carbonyl (C=O) groups is 6. The summed E-state index contributed by atoms with van der Waals surface area (Å²) in [7, 11) is 0. The molecule has 12 heteroatoms. The Labute approximate surface area is 349 Å². The van der Waals surface area contributed by atoms with Gasteiger partial charge in [-0.2, -0.15) is 0 Å². The fourth-order valence-corrected chi connectivity index (χ4v) is 6.60. The molecule has 304 valence electrons. The first-order chi connectivity index (χ1) is 28.6. The van der Waals surface area contributed by atoms with Gasteiger partial charge >= 0.3 is 0 Å². The summed E-state index contributed by atoms with van der Waals surface area (Å²) in [4.78, 5) is 76.7. The molecule has 5 aromatic rings. The molecule has 2 heterocycles. The molecule has 5 amide bonds. The molecular formula is C47H48ClN5O6. The number of nitrogens with one attached hydrogen (secondary N) is 5. The summed E-state index contributed by atoms with van der Waals surface area (Å²) >= 11 is 6.10. The number of hydrogen-bond acceptors (Lipinski definition) is 6. The van der Waals surface area contributed by atoms with Crippen molar-refractivity contribution in [2.45, 2.75) is 63.6 Å². The van der Waals surface area contributed by atoms with Crippen LogP contribution in [0, 0.1) is 6.92 Å². The van der Waals surface area contributed by atoms with E-state index in [1.54, 1.807) is 24.3 Å². The van der Waals surface area contributed by atoms with E-state index in [4.69, 9.17) is 11.6 Å². The average molecular weight is 814 g/mol. The zero-order chi connectivity index (χ0) is 42.0. The Morgan fingerprint density at radius 1 is 0.627 bits per heavy atom. The van der Waals surface area contributed by atoms with E-state index < -0.39 is 48.3 Å². The lowest BCUT2D eigenvalue weighted by Gasteiger charge is -2.22. The monoisotopic (exact) mass is 813 g/mol. The number of fused-ring (bicyclic) bond motifs is 18. The highest BCUT2D eigenvalue weighted by Crippen LogP contribution is 2.27. The van der Waals surface area contributed by atoms with E-state index in [1.165, 1.54) is 11.1 Å². The number of hydrogen-bond donors (Lipinski definition) is 5. The predicted molar refractivity (Wildman–Crippen MR) is 229 cm³/mol. The summed E-state index contributed by atoms with van der Waals surface area (Å²) in [5, 5.41) is 14.2. The first-order valence-electron chi connectivity index (χ1n) is 19.5. The third-order valence-electron chi connectivity index (χ3n) is 9.57. The molecule has 2 aliphatic rings. The van der Waals surface area contributed by atoms with Gasteiger partial charge in [0, 0.05) is 35.5 Å². The third kappa shape index (κ3) is 14.4. The summed E-state index contributed by atoms with van der Waals surface area (Å²) in [6.45, 7) is 1.64. The molecule has 0 saturated carbocycles. The highest BCUT2D eigenvalue weighted by Gasteiger charge is 2.26. The van der Waals surface area contributed by atoms with Gasteiger partial charge in [0.2, 0.25) is 29.5 Å². The van der Waals surface area contributed by atoms with Crippen molar-refractivity contribution >= 4 is 53.1 Å². The Morgan fingerprint density at radius 3 is 1.90 bits per heavy atom. The summed E-state index contributed by atoms with van der Waals surface area (Å²) in [6.07, 6.45) is 1.47. The summed E-state index contributed by atoms with van der Waals surface area (Å²) in [5.74, 6) is -2.61. The lowest BCUT2D eigenvalue weighted by molar-refractivity contribution is -0.132. The Hall–Kier alpha value is -6.59. The van der Waals surface area contributed by atoms with Crippen LogP contribution in [0.4, 0.5) is 5.69 Å². The average Bonchev–Trinajstić information content (AvgIpc) is 3.25. The standard InChI is InChI=1S/C34H37N5O6.C13H11Cl/c40-22-27-19-25-11-14-26(15-12-25)36-30(41)17-18-31(42)38-28(16-13-23-7-3-1-4-8-23)33(44)35-21-32(43)39-29(34(45)37-27)20-24-9-5-2-6-10-24;1-10-6-8-11(9-7-10)12-4-2-3-5-13(12)14/h1-12,14-15,22,27-29H,13,16-21H2,(H,35,44)(H,36,41)(H,37,45)(H,38,42)(H,39,43);2-9H,1H3/t27-,28+,29+;/m0./s1. The van der Waals surface area contributed by atoms with E-state index in [0.717, 1.165) is 27.3 Å². The van der Waals surface area contributed by atoms with E-state index >= 15 is 0 Å². The van der Waals surface area contributed by atoms with Gasteiger partial charge in [0.15, 0.2) is 0 Å². The maximum Gasteiger partial charge on any atom is 0.243 e. The Balaban J connectivity index is 0.000000395. The van der Waals surface area contributed by atoms with Gasteiger partial charge in [-0.25, -0.2) is 0 Å². The van der Waals surface area contributed by atoms with Gasteiger partial charge in [-0.15, -0.1) is 0 Å². The van der Waals surface area contributed by atoms with Gasteiger partial charge in [0.1, 0.15) is 18.4 Å². The minimum absolute atomic E-state index is 0.106. The Kier molecular flexibility index (Phi) is 16.5. The Bertz CT molecular complexity index is 2180. The molecule has 0 aliphatic carbocycles. The first-order valence-corrected chi connectivity index (χ1v) is 19.8. The number of rotatable bonds is 7.